The van der Waals surface area contributed by atoms with E-state index in [0.717, 1.165) is 10.9 Å². The number of fused-ring (bicyclic) bond motifs is 1. The lowest BCUT2D eigenvalue weighted by molar-refractivity contribution is 0.423. The maximum Gasteiger partial charge on any atom is 0.263 e. The van der Waals surface area contributed by atoms with Gasteiger partial charge in [-0.25, -0.2) is 0 Å². The van der Waals surface area contributed by atoms with E-state index in [9.17, 15) is 4.79 Å². The van der Waals surface area contributed by atoms with E-state index in [1.807, 2.05) is 31.2 Å². The molecule has 0 bridgehead atoms. The summed E-state index contributed by atoms with van der Waals surface area (Å²) in [7, 11) is 0. The summed E-state index contributed by atoms with van der Waals surface area (Å²) in [5, 5.41) is 4.73. The zero-order valence-electron chi connectivity index (χ0n) is 9.80. The molecule has 0 aliphatic carbocycles. The average molecular weight is 241 g/mol. The third-order valence-corrected chi connectivity index (χ3v) is 2.77. The van der Waals surface area contributed by atoms with Crippen molar-refractivity contribution in [3.8, 4) is 11.5 Å². The molecule has 0 saturated heterocycles. The Kier molecular flexibility index (Phi) is 2.44. The van der Waals surface area contributed by atoms with E-state index in [4.69, 9.17) is 4.52 Å². The van der Waals surface area contributed by atoms with Gasteiger partial charge >= 0.3 is 0 Å². The summed E-state index contributed by atoms with van der Waals surface area (Å²) in [4.78, 5) is 18.9. The zero-order valence-corrected chi connectivity index (χ0v) is 9.80. The van der Waals surface area contributed by atoms with E-state index in [1.165, 1.54) is 0 Å². The Balaban J connectivity index is 2.22. The van der Waals surface area contributed by atoms with Gasteiger partial charge in [-0.2, -0.15) is 4.98 Å². The molecule has 5 nitrogen and oxygen atoms in total. The van der Waals surface area contributed by atoms with E-state index < -0.39 is 0 Å². The molecular formula is C13H11N3O2. The summed E-state index contributed by atoms with van der Waals surface area (Å²) in [6.45, 7) is 1.93. The van der Waals surface area contributed by atoms with Crippen molar-refractivity contribution < 1.29 is 4.52 Å². The van der Waals surface area contributed by atoms with Crippen LogP contribution >= 0.6 is 0 Å². The van der Waals surface area contributed by atoms with Crippen LogP contribution in [0.15, 0.2) is 39.6 Å². The Morgan fingerprint density at radius 3 is 2.94 bits per heavy atom. The van der Waals surface area contributed by atoms with Gasteiger partial charge in [-0.05, 0) is 17.5 Å². The predicted molar refractivity (Wildman–Crippen MR) is 67.2 cm³/mol. The van der Waals surface area contributed by atoms with Crippen molar-refractivity contribution in [2.75, 3.05) is 0 Å². The monoisotopic (exact) mass is 241 g/mol. The Labute approximate surface area is 102 Å². The molecule has 0 aliphatic rings. The molecule has 0 atom stereocenters. The summed E-state index contributed by atoms with van der Waals surface area (Å²) < 4.78 is 5.09. The van der Waals surface area contributed by atoms with Gasteiger partial charge in [0.15, 0.2) is 5.82 Å². The summed E-state index contributed by atoms with van der Waals surface area (Å²) >= 11 is 0. The fraction of sp³-hybridized carbons (Fsp3) is 0.154. The van der Waals surface area contributed by atoms with Crippen LogP contribution in [0, 0.1) is 0 Å². The normalized spacial score (nSPS) is 10.9. The molecule has 18 heavy (non-hydrogen) atoms. The lowest BCUT2D eigenvalue weighted by Crippen LogP contribution is -2.08. The first-order valence-electron chi connectivity index (χ1n) is 5.73. The molecule has 5 heteroatoms. The molecule has 1 aromatic carbocycles. The topological polar surface area (TPSA) is 71.8 Å². The highest BCUT2D eigenvalue weighted by molar-refractivity contribution is 5.81. The molecule has 0 spiro atoms. The van der Waals surface area contributed by atoms with Gasteiger partial charge in [0.2, 0.25) is 0 Å². The SMILES string of the molecule is CCc1noc(-c2cc3ccccc3[nH]c2=O)n1. The Morgan fingerprint density at radius 2 is 2.17 bits per heavy atom. The summed E-state index contributed by atoms with van der Waals surface area (Å²) in [6, 6.07) is 9.33. The Bertz CT molecular complexity index is 758. The van der Waals surface area contributed by atoms with E-state index in [0.29, 0.717) is 17.8 Å². The average Bonchev–Trinajstić information content (AvgIpc) is 2.86. The molecule has 90 valence electrons. The number of nitrogens with zero attached hydrogens (tertiary/aromatic N) is 2. The van der Waals surface area contributed by atoms with E-state index in [-0.39, 0.29) is 11.4 Å². The Hall–Kier alpha value is -2.43. The molecule has 3 aromatic rings. The van der Waals surface area contributed by atoms with Crippen LogP contribution < -0.4 is 5.56 Å². The van der Waals surface area contributed by atoms with Crippen LogP contribution in [-0.4, -0.2) is 15.1 Å². The van der Waals surface area contributed by atoms with Crippen LogP contribution in [0.3, 0.4) is 0 Å². The molecule has 0 amide bonds. The summed E-state index contributed by atoms with van der Waals surface area (Å²) in [5.41, 5.74) is 0.974. The van der Waals surface area contributed by atoms with Crippen molar-refractivity contribution in [1.29, 1.82) is 0 Å². The van der Waals surface area contributed by atoms with Crippen LogP contribution in [0.1, 0.15) is 12.7 Å². The highest BCUT2D eigenvalue weighted by atomic mass is 16.5. The number of hydrogen-bond acceptors (Lipinski definition) is 4. The van der Waals surface area contributed by atoms with E-state index in [1.54, 1.807) is 6.07 Å². The van der Waals surface area contributed by atoms with Gasteiger partial charge in [-0.1, -0.05) is 30.3 Å². The number of benzene rings is 1. The highest BCUT2D eigenvalue weighted by Crippen LogP contribution is 2.17. The maximum atomic E-state index is 11.9. The molecule has 0 aliphatic heterocycles. The van der Waals surface area contributed by atoms with Crippen molar-refractivity contribution in [3.63, 3.8) is 0 Å². The number of hydrogen-bond donors (Lipinski definition) is 1. The first kappa shape index (κ1) is 10.7. The largest absolute Gasteiger partial charge is 0.334 e. The molecular weight excluding hydrogens is 230 g/mol. The molecule has 0 unspecified atom stereocenters. The fourth-order valence-electron chi connectivity index (χ4n) is 1.81. The second-order valence-electron chi connectivity index (χ2n) is 3.97. The van der Waals surface area contributed by atoms with Crippen molar-refractivity contribution >= 4 is 10.9 Å². The maximum absolute atomic E-state index is 11.9. The van der Waals surface area contributed by atoms with Gasteiger partial charge in [0.05, 0.1) is 0 Å². The molecule has 0 radical (unpaired) electrons. The van der Waals surface area contributed by atoms with Crippen molar-refractivity contribution in [1.82, 2.24) is 15.1 Å². The van der Waals surface area contributed by atoms with Gasteiger partial charge < -0.3 is 9.51 Å². The highest BCUT2D eigenvalue weighted by Gasteiger charge is 2.12. The number of H-pyrrole nitrogens is 1. The summed E-state index contributed by atoms with van der Waals surface area (Å²) in [6.07, 6.45) is 0.676. The standard InChI is InChI=1S/C13H11N3O2/c1-2-11-15-13(18-16-11)9-7-8-5-3-4-6-10(8)14-12(9)17/h3-7H,2H2,1H3,(H,14,17). The number of para-hydroxylation sites is 1. The fourth-order valence-corrected chi connectivity index (χ4v) is 1.81. The van der Waals surface area contributed by atoms with Crippen molar-refractivity contribution in [2.24, 2.45) is 0 Å². The minimum Gasteiger partial charge on any atom is -0.334 e. The number of rotatable bonds is 2. The minimum atomic E-state index is -0.222. The first-order chi connectivity index (χ1) is 8.78. The van der Waals surface area contributed by atoms with Crippen molar-refractivity contribution in [2.45, 2.75) is 13.3 Å². The Morgan fingerprint density at radius 1 is 1.33 bits per heavy atom. The summed E-state index contributed by atoms with van der Waals surface area (Å²) in [5.74, 6) is 0.858. The molecule has 2 aromatic heterocycles. The molecule has 0 saturated carbocycles. The van der Waals surface area contributed by atoms with Crippen LogP contribution in [0.4, 0.5) is 0 Å². The lowest BCUT2D eigenvalue weighted by Gasteiger charge is -1.98. The van der Waals surface area contributed by atoms with E-state index >= 15 is 0 Å². The number of pyridine rings is 1. The van der Waals surface area contributed by atoms with Crippen LogP contribution in [0.5, 0.6) is 0 Å². The molecule has 1 N–H and O–H groups in total. The second-order valence-corrected chi connectivity index (χ2v) is 3.97. The smallest absolute Gasteiger partial charge is 0.263 e. The van der Waals surface area contributed by atoms with Crippen molar-refractivity contribution in [3.05, 3.63) is 46.5 Å². The third-order valence-electron chi connectivity index (χ3n) is 2.77. The van der Waals surface area contributed by atoms with E-state index in [2.05, 4.69) is 15.1 Å². The van der Waals surface area contributed by atoms with Gasteiger partial charge in [-0.15, -0.1) is 0 Å². The third kappa shape index (κ3) is 1.69. The number of aryl methyl sites for hydroxylation is 1. The molecule has 2 heterocycles. The first-order valence-corrected chi connectivity index (χ1v) is 5.73. The van der Waals surface area contributed by atoms with Gasteiger partial charge in [0.25, 0.3) is 11.4 Å². The number of aromatic amines is 1. The van der Waals surface area contributed by atoms with Crippen LogP contribution in [0.2, 0.25) is 0 Å². The van der Waals surface area contributed by atoms with Crippen LogP contribution in [-0.2, 0) is 6.42 Å². The number of nitrogens with one attached hydrogen (secondary N) is 1. The van der Waals surface area contributed by atoms with Gasteiger partial charge in [-0.3, -0.25) is 4.79 Å². The predicted octanol–water partition coefficient (Wildman–Crippen LogP) is 2.14. The number of aromatic nitrogens is 3. The molecule has 3 rings (SSSR count). The van der Waals surface area contributed by atoms with Gasteiger partial charge in [0.1, 0.15) is 5.56 Å². The zero-order chi connectivity index (χ0) is 12.5. The lowest BCUT2D eigenvalue weighted by atomic mass is 10.1. The molecule has 0 fully saturated rings. The van der Waals surface area contributed by atoms with Gasteiger partial charge in [0, 0.05) is 11.9 Å². The second kappa shape index (κ2) is 4.10. The minimum absolute atomic E-state index is 0.222. The van der Waals surface area contributed by atoms with Crippen LogP contribution in [0.25, 0.3) is 22.4 Å². The quantitative estimate of drug-likeness (QED) is 0.746.